The lowest BCUT2D eigenvalue weighted by Crippen LogP contribution is -2.04. The van der Waals surface area contributed by atoms with Gasteiger partial charge < -0.3 is 10.8 Å². The summed E-state index contributed by atoms with van der Waals surface area (Å²) in [5, 5.41) is 8.71. The average Bonchev–Trinajstić information content (AvgIpc) is 2.04. The van der Waals surface area contributed by atoms with Crippen molar-refractivity contribution in [2.45, 2.75) is 13.3 Å². The summed E-state index contributed by atoms with van der Waals surface area (Å²) in [5.41, 5.74) is 7.07. The monoisotopic (exact) mass is 165 g/mol. The van der Waals surface area contributed by atoms with Gasteiger partial charge in [0.15, 0.2) is 0 Å². The minimum atomic E-state index is -0.970. The molecule has 0 spiro atoms. The number of nitrogens with two attached hydrogens (primary N) is 1. The lowest BCUT2D eigenvalue weighted by atomic mass is 10.1. The van der Waals surface area contributed by atoms with Crippen molar-refractivity contribution in [1.82, 2.24) is 0 Å². The third-order valence-electron chi connectivity index (χ3n) is 1.81. The van der Waals surface area contributed by atoms with Crippen molar-refractivity contribution in [2.24, 2.45) is 0 Å². The van der Waals surface area contributed by atoms with Gasteiger partial charge in [0.2, 0.25) is 0 Å². The third kappa shape index (κ3) is 1.39. The molecule has 3 N–H and O–H groups in total. The molecule has 0 bridgehead atoms. The van der Waals surface area contributed by atoms with Gasteiger partial charge in [0.1, 0.15) is 0 Å². The van der Waals surface area contributed by atoms with Gasteiger partial charge in [-0.1, -0.05) is 19.1 Å². The molecule has 0 radical (unpaired) electrons. The predicted octanol–water partition coefficient (Wildman–Crippen LogP) is 1.53. The molecule has 1 rings (SSSR count). The Morgan fingerprint density at radius 3 is 2.75 bits per heavy atom. The molecule has 0 unspecified atom stereocenters. The Kier molecular flexibility index (Phi) is 2.33. The van der Waals surface area contributed by atoms with Crippen molar-refractivity contribution >= 4 is 11.7 Å². The molecule has 1 aromatic rings. The van der Waals surface area contributed by atoms with Crippen molar-refractivity contribution in [3.63, 3.8) is 0 Å². The molecular formula is C9H11NO2. The Balaban J connectivity index is 3.23. The summed E-state index contributed by atoms with van der Waals surface area (Å²) < 4.78 is 0. The van der Waals surface area contributed by atoms with Gasteiger partial charge in [-0.3, -0.25) is 0 Å². The van der Waals surface area contributed by atoms with Gasteiger partial charge in [0.05, 0.1) is 5.56 Å². The van der Waals surface area contributed by atoms with Crippen LogP contribution in [-0.2, 0) is 6.42 Å². The minimum absolute atomic E-state index is 0.189. The van der Waals surface area contributed by atoms with E-state index in [-0.39, 0.29) is 5.56 Å². The molecule has 0 atom stereocenters. The van der Waals surface area contributed by atoms with Gasteiger partial charge in [0, 0.05) is 5.69 Å². The summed E-state index contributed by atoms with van der Waals surface area (Å²) in [5.74, 6) is -0.970. The largest absolute Gasteiger partial charge is 0.478 e. The molecule has 3 nitrogen and oxygen atoms in total. The highest BCUT2D eigenvalue weighted by Crippen LogP contribution is 2.17. The van der Waals surface area contributed by atoms with E-state index in [1.54, 1.807) is 6.07 Å². The second kappa shape index (κ2) is 3.26. The van der Waals surface area contributed by atoms with Gasteiger partial charge in [-0.15, -0.1) is 0 Å². The van der Waals surface area contributed by atoms with E-state index in [0.29, 0.717) is 5.69 Å². The number of hydrogen-bond acceptors (Lipinski definition) is 2. The van der Waals surface area contributed by atoms with Gasteiger partial charge >= 0.3 is 5.97 Å². The van der Waals surface area contributed by atoms with E-state index in [4.69, 9.17) is 10.8 Å². The molecule has 64 valence electrons. The van der Waals surface area contributed by atoms with Crippen LogP contribution in [0.2, 0.25) is 0 Å². The first-order valence-corrected chi connectivity index (χ1v) is 3.77. The van der Waals surface area contributed by atoms with Crippen LogP contribution in [0.4, 0.5) is 5.69 Å². The molecule has 0 aliphatic rings. The molecule has 1 aromatic carbocycles. The Bertz CT molecular complexity index is 307. The van der Waals surface area contributed by atoms with Crippen LogP contribution in [0.3, 0.4) is 0 Å². The Morgan fingerprint density at radius 2 is 2.25 bits per heavy atom. The van der Waals surface area contributed by atoms with Crippen LogP contribution < -0.4 is 5.73 Å². The fourth-order valence-electron chi connectivity index (χ4n) is 1.11. The van der Waals surface area contributed by atoms with E-state index in [1.165, 1.54) is 6.07 Å². The highest BCUT2D eigenvalue weighted by molar-refractivity contribution is 5.94. The first-order chi connectivity index (χ1) is 5.66. The van der Waals surface area contributed by atoms with Crippen LogP contribution in [0.25, 0.3) is 0 Å². The highest BCUT2D eigenvalue weighted by Gasteiger charge is 2.08. The van der Waals surface area contributed by atoms with Gasteiger partial charge in [0.25, 0.3) is 0 Å². The van der Waals surface area contributed by atoms with Crippen LogP contribution in [0.15, 0.2) is 18.2 Å². The van der Waals surface area contributed by atoms with Crippen LogP contribution in [0.1, 0.15) is 22.8 Å². The third-order valence-corrected chi connectivity index (χ3v) is 1.81. The van der Waals surface area contributed by atoms with Gasteiger partial charge in [-0.05, 0) is 18.1 Å². The van der Waals surface area contributed by atoms with Crippen LogP contribution in [0.5, 0.6) is 0 Å². The number of carboxylic acids is 1. The summed E-state index contributed by atoms with van der Waals surface area (Å²) in [7, 11) is 0. The molecule has 3 heteroatoms. The number of nitrogen functional groups attached to an aromatic ring is 1. The van der Waals surface area contributed by atoms with E-state index in [2.05, 4.69) is 0 Å². The summed E-state index contributed by atoms with van der Waals surface area (Å²) in [6.45, 7) is 1.94. The van der Waals surface area contributed by atoms with Crippen molar-refractivity contribution in [1.29, 1.82) is 0 Å². The van der Waals surface area contributed by atoms with Gasteiger partial charge in [-0.2, -0.15) is 0 Å². The molecule has 0 aromatic heterocycles. The number of hydrogen-bond donors (Lipinski definition) is 2. The van der Waals surface area contributed by atoms with Gasteiger partial charge in [-0.25, -0.2) is 4.79 Å². The zero-order chi connectivity index (χ0) is 9.14. The number of benzene rings is 1. The maximum atomic E-state index is 10.6. The minimum Gasteiger partial charge on any atom is -0.478 e. The first kappa shape index (κ1) is 8.59. The maximum Gasteiger partial charge on any atom is 0.337 e. The topological polar surface area (TPSA) is 63.3 Å². The Labute approximate surface area is 70.8 Å². The summed E-state index contributed by atoms with van der Waals surface area (Å²) >= 11 is 0. The van der Waals surface area contributed by atoms with Crippen LogP contribution in [0, 0.1) is 0 Å². The summed E-state index contributed by atoms with van der Waals surface area (Å²) in [4.78, 5) is 10.6. The molecular weight excluding hydrogens is 154 g/mol. The number of aryl methyl sites for hydroxylation is 1. The first-order valence-electron chi connectivity index (χ1n) is 3.77. The lowest BCUT2D eigenvalue weighted by molar-refractivity contribution is 0.0698. The fourth-order valence-corrected chi connectivity index (χ4v) is 1.11. The van der Waals surface area contributed by atoms with Crippen LogP contribution in [-0.4, -0.2) is 11.1 Å². The van der Waals surface area contributed by atoms with E-state index >= 15 is 0 Å². The maximum absolute atomic E-state index is 10.6. The molecule has 0 saturated carbocycles. The quantitative estimate of drug-likeness (QED) is 0.653. The van der Waals surface area contributed by atoms with E-state index in [9.17, 15) is 4.79 Å². The van der Waals surface area contributed by atoms with Crippen LogP contribution >= 0.6 is 0 Å². The van der Waals surface area contributed by atoms with Crippen molar-refractivity contribution in [2.75, 3.05) is 5.73 Å². The number of carboxylic acid groups (broad SMARTS) is 1. The normalized spacial score (nSPS) is 9.75. The zero-order valence-electron chi connectivity index (χ0n) is 6.87. The molecule has 0 aliphatic carbocycles. The lowest BCUT2D eigenvalue weighted by Gasteiger charge is -2.04. The van der Waals surface area contributed by atoms with E-state index in [1.807, 2.05) is 13.0 Å². The summed E-state index contributed by atoms with van der Waals surface area (Å²) in [6.07, 6.45) is 0.757. The average molecular weight is 165 g/mol. The number of para-hydroxylation sites is 1. The standard InChI is InChI=1S/C9H11NO2/c1-2-6-4-3-5-7(8(6)10)9(11)12/h3-5H,2,10H2,1H3,(H,11,12). The fraction of sp³-hybridized carbons (Fsp3) is 0.222. The molecule has 0 saturated heterocycles. The smallest absolute Gasteiger partial charge is 0.337 e. The number of rotatable bonds is 2. The summed E-state index contributed by atoms with van der Waals surface area (Å²) in [6, 6.07) is 5.05. The predicted molar refractivity (Wildman–Crippen MR) is 47.2 cm³/mol. The van der Waals surface area contributed by atoms with Crippen molar-refractivity contribution in [3.05, 3.63) is 29.3 Å². The van der Waals surface area contributed by atoms with E-state index in [0.717, 1.165) is 12.0 Å². The Hall–Kier alpha value is -1.51. The zero-order valence-corrected chi connectivity index (χ0v) is 6.87. The van der Waals surface area contributed by atoms with Crippen molar-refractivity contribution in [3.8, 4) is 0 Å². The second-order valence-electron chi connectivity index (χ2n) is 2.54. The number of anilines is 1. The second-order valence-corrected chi connectivity index (χ2v) is 2.54. The number of carbonyl (C=O) groups is 1. The molecule has 12 heavy (non-hydrogen) atoms. The van der Waals surface area contributed by atoms with E-state index < -0.39 is 5.97 Å². The van der Waals surface area contributed by atoms with Crippen molar-refractivity contribution < 1.29 is 9.90 Å². The molecule has 0 heterocycles. The molecule has 0 amide bonds. The number of aromatic carboxylic acids is 1. The molecule has 0 fully saturated rings. The highest BCUT2D eigenvalue weighted by atomic mass is 16.4. The Morgan fingerprint density at radius 1 is 1.58 bits per heavy atom. The SMILES string of the molecule is CCc1cccc(C(=O)O)c1N. The molecule has 0 aliphatic heterocycles.